The minimum atomic E-state index is -0.781. The smallest absolute Gasteiger partial charge is 0.312 e. The van der Waals surface area contributed by atoms with Crippen LogP contribution in [0.1, 0.15) is 31.8 Å². The van der Waals surface area contributed by atoms with Gasteiger partial charge in [0.25, 0.3) is 11.8 Å². The van der Waals surface area contributed by atoms with Gasteiger partial charge < -0.3 is 10.4 Å². The maximum atomic E-state index is 12.4. The maximum absolute atomic E-state index is 12.4. The summed E-state index contributed by atoms with van der Waals surface area (Å²) in [6, 6.07) is 15.6. The molecule has 0 atom stereocenters. The van der Waals surface area contributed by atoms with Crippen LogP contribution in [0.3, 0.4) is 0 Å². The minimum Gasteiger partial charge on any atom is -0.502 e. The van der Waals surface area contributed by atoms with Crippen molar-refractivity contribution in [2.45, 2.75) is 6.92 Å². The SMILES string of the molecule is Cc1ccccc1C(=O)Nc1ccc(C(=O)NN=Cc2cc(Cl)cc([N+](=O)[O-])c2O)cc1. The predicted octanol–water partition coefficient (Wildman–Crippen LogP) is 4.28. The molecule has 0 saturated heterocycles. The van der Waals surface area contributed by atoms with Crippen molar-refractivity contribution < 1.29 is 19.6 Å². The third kappa shape index (κ3) is 5.27. The molecular weight excluding hydrogens is 436 g/mol. The Morgan fingerprint density at radius 1 is 1.09 bits per heavy atom. The molecule has 0 aliphatic rings. The number of benzene rings is 3. The van der Waals surface area contributed by atoms with E-state index >= 15 is 0 Å². The number of phenolic OH excluding ortho intramolecular Hbond substituents is 1. The van der Waals surface area contributed by atoms with Gasteiger partial charge in [-0.05, 0) is 48.9 Å². The average molecular weight is 453 g/mol. The van der Waals surface area contributed by atoms with Gasteiger partial charge in [-0.15, -0.1) is 0 Å². The molecule has 0 unspecified atom stereocenters. The summed E-state index contributed by atoms with van der Waals surface area (Å²) < 4.78 is 0. The molecule has 0 fully saturated rings. The minimum absolute atomic E-state index is 0.0289. The number of nitro groups is 1. The van der Waals surface area contributed by atoms with Crippen molar-refractivity contribution in [1.29, 1.82) is 0 Å². The Hall–Kier alpha value is -4.24. The highest BCUT2D eigenvalue weighted by atomic mass is 35.5. The number of anilines is 1. The van der Waals surface area contributed by atoms with E-state index < -0.39 is 22.3 Å². The number of amides is 2. The van der Waals surface area contributed by atoms with Gasteiger partial charge in [0.2, 0.25) is 5.75 Å². The van der Waals surface area contributed by atoms with Crippen LogP contribution in [-0.2, 0) is 0 Å². The van der Waals surface area contributed by atoms with Gasteiger partial charge in [-0.1, -0.05) is 29.8 Å². The van der Waals surface area contributed by atoms with Crippen LogP contribution < -0.4 is 10.7 Å². The van der Waals surface area contributed by atoms with Crippen LogP contribution >= 0.6 is 11.6 Å². The summed E-state index contributed by atoms with van der Waals surface area (Å²) in [6.07, 6.45) is 1.04. The highest BCUT2D eigenvalue weighted by Crippen LogP contribution is 2.32. The lowest BCUT2D eigenvalue weighted by molar-refractivity contribution is -0.385. The summed E-state index contributed by atoms with van der Waals surface area (Å²) >= 11 is 5.81. The molecule has 0 aromatic heterocycles. The molecule has 3 aromatic rings. The van der Waals surface area contributed by atoms with Gasteiger partial charge in [0.1, 0.15) is 0 Å². The fourth-order valence-electron chi connectivity index (χ4n) is 2.80. The van der Waals surface area contributed by atoms with Crippen LogP contribution in [0.2, 0.25) is 5.02 Å². The standard InChI is InChI=1S/C22H17ClN4O5/c1-13-4-2-3-5-18(13)22(30)25-17-8-6-14(7-9-17)21(29)26-24-12-15-10-16(23)11-19(20(15)28)27(31)32/h2-12,28H,1H3,(H,25,30)(H,26,29). The summed E-state index contributed by atoms with van der Waals surface area (Å²) in [5, 5.41) is 27.4. The Morgan fingerprint density at radius 3 is 2.44 bits per heavy atom. The fourth-order valence-corrected chi connectivity index (χ4v) is 3.02. The molecular formula is C22H17ClN4O5. The second-order valence-corrected chi connectivity index (χ2v) is 7.10. The van der Waals surface area contributed by atoms with Gasteiger partial charge in [0, 0.05) is 33.5 Å². The van der Waals surface area contributed by atoms with Crippen LogP contribution in [0.15, 0.2) is 65.8 Å². The highest BCUT2D eigenvalue weighted by Gasteiger charge is 2.18. The normalized spacial score (nSPS) is 10.7. The first kappa shape index (κ1) is 22.4. The third-order valence-electron chi connectivity index (χ3n) is 4.45. The van der Waals surface area contributed by atoms with Gasteiger partial charge in [-0.25, -0.2) is 5.43 Å². The molecule has 3 aromatic carbocycles. The topological polar surface area (TPSA) is 134 Å². The van der Waals surface area contributed by atoms with Gasteiger partial charge >= 0.3 is 5.69 Å². The second-order valence-electron chi connectivity index (χ2n) is 6.67. The Kier molecular flexibility index (Phi) is 6.81. The first-order valence-electron chi connectivity index (χ1n) is 9.23. The number of nitro benzene ring substituents is 1. The quantitative estimate of drug-likeness (QED) is 0.291. The van der Waals surface area contributed by atoms with Gasteiger partial charge in [0.05, 0.1) is 11.1 Å². The predicted molar refractivity (Wildman–Crippen MR) is 120 cm³/mol. The van der Waals surface area contributed by atoms with E-state index in [2.05, 4.69) is 15.8 Å². The fraction of sp³-hybridized carbons (Fsp3) is 0.0455. The van der Waals surface area contributed by atoms with E-state index in [0.717, 1.165) is 17.8 Å². The molecule has 0 radical (unpaired) electrons. The van der Waals surface area contributed by atoms with Crippen LogP contribution in [0.25, 0.3) is 0 Å². The molecule has 0 spiro atoms. The highest BCUT2D eigenvalue weighted by molar-refractivity contribution is 6.31. The largest absolute Gasteiger partial charge is 0.502 e. The number of carbonyl (C=O) groups is 2. The zero-order valence-corrected chi connectivity index (χ0v) is 17.5. The summed E-state index contributed by atoms with van der Waals surface area (Å²) in [4.78, 5) is 34.8. The van der Waals surface area contributed by atoms with E-state index in [1.165, 1.54) is 18.2 Å². The molecule has 9 nitrogen and oxygen atoms in total. The van der Waals surface area contributed by atoms with Crippen LogP contribution in [0.4, 0.5) is 11.4 Å². The van der Waals surface area contributed by atoms with Crippen molar-refractivity contribution in [2.24, 2.45) is 5.10 Å². The third-order valence-corrected chi connectivity index (χ3v) is 4.66. The summed E-state index contributed by atoms with van der Waals surface area (Å²) in [5.74, 6) is -1.44. The molecule has 2 amide bonds. The summed E-state index contributed by atoms with van der Waals surface area (Å²) in [6.45, 7) is 1.84. The van der Waals surface area contributed by atoms with Crippen molar-refractivity contribution in [3.8, 4) is 5.75 Å². The molecule has 0 saturated carbocycles. The average Bonchev–Trinajstić information content (AvgIpc) is 2.76. The number of hydrogen-bond acceptors (Lipinski definition) is 6. The monoisotopic (exact) mass is 452 g/mol. The van der Waals surface area contributed by atoms with Crippen molar-refractivity contribution in [2.75, 3.05) is 5.32 Å². The van der Waals surface area contributed by atoms with Crippen molar-refractivity contribution in [3.63, 3.8) is 0 Å². The summed E-state index contributed by atoms with van der Waals surface area (Å²) in [5.41, 5.74) is 3.81. The number of rotatable bonds is 6. The van der Waals surface area contributed by atoms with Gasteiger partial charge in [-0.3, -0.25) is 19.7 Å². The van der Waals surface area contributed by atoms with Crippen LogP contribution in [0.5, 0.6) is 5.75 Å². The molecule has 10 heteroatoms. The van der Waals surface area contributed by atoms with E-state index in [4.69, 9.17) is 11.6 Å². The zero-order valence-electron chi connectivity index (χ0n) is 16.7. The molecule has 162 valence electrons. The maximum Gasteiger partial charge on any atom is 0.312 e. The van der Waals surface area contributed by atoms with E-state index in [1.807, 2.05) is 19.1 Å². The van der Waals surface area contributed by atoms with E-state index in [9.17, 15) is 24.8 Å². The number of halogens is 1. The first-order valence-corrected chi connectivity index (χ1v) is 9.61. The summed E-state index contributed by atoms with van der Waals surface area (Å²) in [7, 11) is 0. The number of hydrazone groups is 1. The number of aryl methyl sites for hydroxylation is 1. The number of aromatic hydroxyl groups is 1. The number of hydrogen-bond donors (Lipinski definition) is 3. The zero-order chi connectivity index (χ0) is 23.3. The second kappa shape index (κ2) is 9.71. The molecule has 0 aliphatic carbocycles. The van der Waals surface area contributed by atoms with Crippen molar-refractivity contribution >= 4 is 41.0 Å². The van der Waals surface area contributed by atoms with E-state index in [1.54, 1.807) is 24.3 Å². The molecule has 32 heavy (non-hydrogen) atoms. The Bertz CT molecular complexity index is 1230. The molecule has 3 rings (SSSR count). The molecule has 3 N–H and O–H groups in total. The first-order chi connectivity index (χ1) is 15.3. The number of carbonyl (C=O) groups excluding carboxylic acids is 2. The van der Waals surface area contributed by atoms with E-state index in [-0.39, 0.29) is 22.1 Å². The molecule has 0 bridgehead atoms. The van der Waals surface area contributed by atoms with Crippen molar-refractivity contribution in [1.82, 2.24) is 5.43 Å². The number of nitrogens with one attached hydrogen (secondary N) is 2. The molecule has 0 aliphatic heterocycles. The number of nitrogens with zero attached hydrogens (tertiary/aromatic N) is 2. The van der Waals surface area contributed by atoms with Crippen LogP contribution in [-0.4, -0.2) is 28.1 Å². The van der Waals surface area contributed by atoms with Crippen LogP contribution in [0, 0.1) is 17.0 Å². The van der Waals surface area contributed by atoms with Gasteiger partial charge in [-0.2, -0.15) is 5.10 Å². The van der Waals surface area contributed by atoms with E-state index in [0.29, 0.717) is 11.3 Å². The van der Waals surface area contributed by atoms with Gasteiger partial charge in [0.15, 0.2) is 0 Å². The lowest BCUT2D eigenvalue weighted by Crippen LogP contribution is -2.18. The Balaban J connectivity index is 1.65. The lowest BCUT2D eigenvalue weighted by atomic mass is 10.1. The Labute approximate surface area is 187 Å². The Morgan fingerprint density at radius 2 is 1.78 bits per heavy atom. The molecule has 0 heterocycles. The van der Waals surface area contributed by atoms with Crippen molar-refractivity contribution in [3.05, 3.63) is 98.1 Å². The lowest BCUT2D eigenvalue weighted by Gasteiger charge is -2.08. The number of phenols is 1.